The fourth-order valence-electron chi connectivity index (χ4n) is 3.77. The zero-order chi connectivity index (χ0) is 20.0. The fourth-order valence-corrected chi connectivity index (χ4v) is 4.59. The minimum absolute atomic E-state index is 0.0671. The molecular weight excluding hydrogens is 385 g/mol. The summed E-state index contributed by atoms with van der Waals surface area (Å²) < 4.78 is 27.8. The van der Waals surface area contributed by atoms with Crippen LogP contribution in [0.3, 0.4) is 0 Å². The topological polar surface area (TPSA) is 77.6 Å². The number of thiazole rings is 1. The van der Waals surface area contributed by atoms with Crippen molar-refractivity contribution in [2.24, 2.45) is 0 Å². The normalized spacial score (nSPS) is 20.1. The molecule has 1 aliphatic heterocycles. The molecule has 7 nitrogen and oxygen atoms in total. The van der Waals surface area contributed by atoms with E-state index in [0.29, 0.717) is 31.2 Å². The highest BCUT2D eigenvalue weighted by Gasteiger charge is 2.30. The van der Waals surface area contributed by atoms with Crippen LogP contribution in [0.2, 0.25) is 0 Å². The maximum absolute atomic E-state index is 15.4. The van der Waals surface area contributed by atoms with Gasteiger partial charge in [-0.2, -0.15) is 0 Å². The third-order valence-electron chi connectivity index (χ3n) is 4.89. The minimum atomic E-state index is -0.652. The summed E-state index contributed by atoms with van der Waals surface area (Å²) in [5, 5.41) is 5.99. The van der Waals surface area contributed by atoms with Crippen molar-refractivity contribution in [3.05, 3.63) is 38.2 Å². The van der Waals surface area contributed by atoms with E-state index >= 15 is 4.39 Å². The number of anilines is 1. The van der Waals surface area contributed by atoms with Gasteiger partial charge in [-0.05, 0) is 26.3 Å². The van der Waals surface area contributed by atoms with Crippen LogP contribution in [0.4, 0.5) is 10.1 Å². The Hall–Kier alpha value is -2.52. The van der Waals surface area contributed by atoms with E-state index in [1.807, 2.05) is 20.8 Å². The number of morpholine rings is 1. The first-order chi connectivity index (χ1) is 13.4. The van der Waals surface area contributed by atoms with Crippen molar-refractivity contribution in [3.8, 4) is 5.82 Å². The lowest BCUT2D eigenvalue weighted by Gasteiger charge is -2.37. The average Bonchev–Trinajstić information content (AvgIpc) is 3.23. The summed E-state index contributed by atoms with van der Waals surface area (Å²) in [5.41, 5.74) is 1.05. The van der Waals surface area contributed by atoms with Gasteiger partial charge < -0.3 is 14.2 Å². The van der Waals surface area contributed by atoms with E-state index in [4.69, 9.17) is 9.26 Å². The number of benzene rings is 1. The lowest BCUT2D eigenvalue weighted by atomic mass is 10.1. The molecule has 0 N–H and O–H groups in total. The number of aryl methyl sites for hydroxylation is 1. The second-order valence-corrected chi connectivity index (χ2v) is 7.79. The van der Waals surface area contributed by atoms with E-state index in [1.54, 1.807) is 16.3 Å². The van der Waals surface area contributed by atoms with Crippen molar-refractivity contribution in [1.29, 1.82) is 0 Å². The minimum Gasteiger partial charge on any atom is -0.372 e. The Morgan fingerprint density at radius 3 is 2.71 bits per heavy atom. The molecule has 1 aromatic carbocycles. The summed E-state index contributed by atoms with van der Waals surface area (Å²) in [7, 11) is 0. The second-order valence-electron chi connectivity index (χ2n) is 6.97. The van der Waals surface area contributed by atoms with Gasteiger partial charge in [-0.15, -0.1) is 0 Å². The third kappa shape index (κ3) is 2.94. The van der Waals surface area contributed by atoms with Gasteiger partial charge in [0.15, 0.2) is 17.9 Å². The summed E-state index contributed by atoms with van der Waals surface area (Å²) in [4.78, 5) is 25.6. The van der Waals surface area contributed by atoms with Crippen LogP contribution in [-0.2, 0) is 11.2 Å². The van der Waals surface area contributed by atoms with Crippen molar-refractivity contribution in [2.75, 3.05) is 18.0 Å². The van der Waals surface area contributed by atoms with Gasteiger partial charge in [-0.3, -0.25) is 14.2 Å². The van der Waals surface area contributed by atoms with Crippen molar-refractivity contribution in [3.63, 3.8) is 0 Å². The number of aromatic nitrogens is 2. The van der Waals surface area contributed by atoms with Gasteiger partial charge in [0.05, 0.1) is 23.3 Å². The number of carbonyl (C=O) groups is 1. The molecule has 0 unspecified atom stereocenters. The zero-order valence-electron chi connectivity index (χ0n) is 15.8. The predicted octanol–water partition coefficient (Wildman–Crippen LogP) is 3.17. The Bertz CT molecular complexity index is 1090. The number of halogens is 1. The van der Waals surface area contributed by atoms with E-state index in [-0.39, 0.29) is 39.7 Å². The van der Waals surface area contributed by atoms with Gasteiger partial charge in [0.1, 0.15) is 0 Å². The zero-order valence-corrected chi connectivity index (χ0v) is 16.6. The Morgan fingerprint density at radius 1 is 1.36 bits per heavy atom. The molecule has 1 aliphatic rings. The number of aldehydes is 1. The van der Waals surface area contributed by atoms with Crippen LogP contribution in [0.15, 0.2) is 20.8 Å². The molecule has 0 bridgehead atoms. The lowest BCUT2D eigenvalue weighted by molar-refractivity contribution is -0.00543. The monoisotopic (exact) mass is 405 g/mol. The second kappa shape index (κ2) is 7.14. The number of rotatable bonds is 4. The van der Waals surface area contributed by atoms with Crippen LogP contribution < -0.4 is 9.77 Å². The Labute approximate surface area is 164 Å². The van der Waals surface area contributed by atoms with Crippen molar-refractivity contribution < 1.29 is 18.4 Å². The van der Waals surface area contributed by atoms with Crippen molar-refractivity contribution >= 4 is 34.3 Å². The number of ether oxygens (including phenoxy) is 1. The van der Waals surface area contributed by atoms with Crippen LogP contribution in [0, 0.1) is 5.82 Å². The first kappa shape index (κ1) is 18.8. The van der Waals surface area contributed by atoms with Gasteiger partial charge in [-0.1, -0.05) is 23.4 Å². The summed E-state index contributed by atoms with van der Waals surface area (Å²) in [5.74, 6) is -0.448. The molecule has 1 saturated heterocycles. The van der Waals surface area contributed by atoms with Crippen LogP contribution in [0.1, 0.15) is 36.8 Å². The molecule has 0 aliphatic carbocycles. The Morgan fingerprint density at radius 2 is 2.07 bits per heavy atom. The standard InChI is InChI=1S/C19H20FN3O4S/c1-4-13-9-28-19(25)23(13)18-14-5-12(8-24)16(15(20)17(14)27-21-18)22-6-10(2)26-11(3)7-22/h5,8-11H,4,6-7H2,1-3H3/t10-,11-/m1/s1. The highest BCUT2D eigenvalue weighted by atomic mass is 32.1. The molecule has 148 valence electrons. The number of nitrogens with zero attached hydrogens (tertiary/aromatic N) is 3. The van der Waals surface area contributed by atoms with Crippen LogP contribution in [-0.4, -0.2) is 41.3 Å². The maximum Gasteiger partial charge on any atom is 0.313 e. The van der Waals surface area contributed by atoms with E-state index in [2.05, 4.69) is 5.16 Å². The van der Waals surface area contributed by atoms with Gasteiger partial charge in [0, 0.05) is 29.7 Å². The molecule has 3 heterocycles. The van der Waals surface area contributed by atoms with E-state index in [0.717, 1.165) is 17.0 Å². The molecule has 9 heteroatoms. The maximum atomic E-state index is 15.4. The van der Waals surface area contributed by atoms with Crippen molar-refractivity contribution in [2.45, 2.75) is 39.4 Å². The summed E-state index contributed by atoms with van der Waals surface area (Å²) >= 11 is 1.04. The number of hydrogen-bond acceptors (Lipinski definition) is 7. The SMILES string of the molecule is CCc1csc(=O)n1-c1noc2c(F)c(N3C[C@@H](C)O[C@H](C)C3)c(C=O)cc12. The highest BCUT2D eigenvalue weighted by Crippen LogP contribution is 2.35. The molecule has 0 amide bonds. The quantitative estimate of drug-likeness (QED) is 0.621. The number of hydrogen-bond donors (Lipinski definition) is 0. The average molecular weight is 405 g/mol. The van der Waals surface area contributed by atoms with Crippen molar-refractivity contribution in [1.82, 2.24) is 9.72 Å². The van der Waals surface area contributed by atoms with Gasteiger partial charge in [0.2, 0.25) is 5.58 Å². The third-order valence-corrected chi connectivity index (χ3v) is 5.67. The van der Waals surface area contributed by atoms with Crippen LogP contribution in [0.25, 0.3) is 16.8 Å². The number of fused-ring (bicyclic) bond motifs is 1. The van der Waals surface area contributed by atoms with Crippen LogP contribution in [0.5, 0.6) is 0 Å². The predicted molar refractivity (Wildman–Crippen MR) is 104 cm³/mol. The fraction of sp³-hybridized carbons (Fsp3) is 0.421. The largest absolute Gasteiger partial charge is 0.372 e. The molecule has 0 spiro atoms. The Kier molecular flexibility index (Phi) is 4.80. The summed E-state index contributed by atoms with van der Waals surface area (Å²) in [6.45, 7) is 6.64. The summed E-state index contributed by atoms with van der Waals surface area (Å²) in [6, 6.07) is 1.54. The first-order valence-corrected chi connectivity index (χ1v) is 9.99. The molecule has 4 rings (SSSR count). The molecule has 0 radical (unpaired) electrons. The van der Waals surface area contributed by atoms with Crippen LogP contribution >= 0.6 is 11.3 Å². The molecule has 2 aromatic heterocycles. The van der Waals surface area contributed by atoms with E-state index in [1.165, 1.54) is 4.57 Å². The first-order valence-electron chi connectivity index (χ1n) is 9.11. The summed E-state index contributed by atoms with van der Waals surface area (Å²) in [6.07, 6.45) is 1.04. The number of carbonyl (C=O) groups excluding carboxylic acids is 1. The van der Waals surface area contributed by atoms with Gasteiger partial charge >= 0.3 is 4.87 Å². The molecule has 0 saturated carbocycles. The Balaban J connectivity index is 1.92. The molecule has 28 heavy (non-hydrogen) atoms. The molecular formula is C19H20FN3O4S. The molecule has 1 fully saturated rings. The molecule has 2 atom stereocenters. The van der Waals surface area contributed by atoms with E-state index in [9.17, 15) is 9.59 Å². The van der Waals surface area contributed by atoms with E-state index < -0.39 is 5.82 Å². The van der Waals surface area contributed by atoms with Gasteiger partial charge in [0.25, 0.3) is 0 Å². The highest BCUT2D eigenvalue weighted by molar-refractivity contribution is 7.07. The molecule has 3 aromatic rings. The lowest BCUT2D eigenvalue weighted by Crippen LogP contribution is -2.46. The van der Waals surface area contributed by atoms with Gasteiger partial charge in [-0.25, -0.2) is 4.39 Å². The smallest absolute Gasteiger partial charge is 0.313 e.